The van der Waals surface area contributed by atoms with Crippen molar-refractivity contribution in [3.05, 3.63) is 41.7 Å². The number of nitrogens with zero attached hydrogens (tertiary/aromatic N) is 2. The van der Waals surface area contributed by atoms with Crippen LogP contribution in [0.1, 0.15) is 30.6 Å². The van der Waals surface area contributed by atoms with Crippen LogP contribution in [0, 0.1) is 0 Å². The monoisotopic (exact) mass is 246 g/mol. The summed E-state index contributed by atoms with van der Waals surface area (Å²) in [7, 11) is 0. The van der Waals surface area contributed by atoms with E-state index in [-0.39, 0.29) is 6.04 Å². The number of hydrogen-bond acceptors (Lipinski definition) is 4. The third-order valence-electron chi connectivity index (χ3n) is 2.78. The molecule has 5 nitrogen and oxygen atoms in total. The molecule has 0 saturated carbocycles. The van der Waals surface area contributed by atoms with Gasteiger partial charge in [0.05, 0.1) is 17.9 Å². The summed E-state index contributed by atoms with van der Waals surface area (Å²) in [5, 5.41) is 23.5. The minimum atomic E-state index is 0.116. The van der Waals surface area contributed by atoms with Gasteiger partial charge in [0.25, 0.3) is 0 Å². The second-order valence-electron chi connectivity index (χ2n) is 4.28. The van der Waals surface area contributed by atoms with E-state index in [9.17, 15) is 5.11 Å². The molecule has 0 fully saturated rings. The minimum absolute atomic E-state index is 0.116. The number of nitrogens with one attached hydrogen (secondary N) is 2. The Morgan fingerprint density at radius 3 is 3.00 bits per heavy atom. The van der Waals surface area contributed by atoms with Crippen molar-refractivity contribution in [1.29, 1.82) is 0 Å². The maximum absolute atomic E-state index is 9.48. The molecule has 0 aliphatic carbocycles. The number of aromatic hydroxyl groups is 1. The first-order chi connectivity index (χ1) is 8.79. The third-order valence-corrected chi connectivity index (χ3v) is 2.78. The lowest BCUT2D eigenvalue weighted by molar-refractivity contribution is 0.472. The van der Waals surface area contributed by atoms with E-state index >= 15 is 0 Å². The Morgan fingerprint density at radius 2 is 2.33 bits per heavy atom. The van der Waals surface area contributed by atoms with E-state index in [0.717, 1.165) is 30.6 Å². The molecule has 0 aliphatic heterocycles. The number of aromatic nitrogens is 3. The Hall–Kier alpha value is -1.88. The van der Waals surface area contributed by atoms with Crippen LogP contribution in [0.25, 0.3) is 0 Å². The van der Waals surface area contributed by atoms with Crippen molar-refractivity contribution >= 4 is 0 Å². The molecule has 18 heavy (non-hydrogen) atoms. The van der Waals surface area contributed by atoms with Crippen LogP contribution in [0.2, 0.25) is 0 Å². The van der Waals surface area contributed by atoms with Gasteiger partial charge in [0, 0.05) is 0 Å². The molecule has 2 aromatic rings. The zero-order chi connectivity index (χ0) is 12.8. The van der Waals surface area contributed by atoms with Crippen molar-refractivity contribution in [2.24, 2.45) is 0 Å². The van der Waals surface area contributed by atoms with Crippen molar-refractivity contribution < 1.29 is 5.11 Å². The van der Waals surface area contributed by atoms with Gasteiger partial charge in [-0.25, -0.2) is 0 Å². The highest BCUT2D eigenvalue weighted by Crippen LogP contribution is 2.18. The number of hydrogen-bond donors (Lipinski definition) is 3. The van der Waals surface area contributed by atoms with Gasteiger partial charge >= 0.3 is 0 Å². The van der Waals surface area contributed by atoms with Gasteiger partial charge in [0.2, 0.25) is 0 Å². The molecule has 0 radical (unpaired) electrons. The Bertz CT molecular complexity index is 470. The van der Waals surface area contributed by atoms with E-state index < -0.39 is 0 Å². The molecule has 0 amide bonds. The summed E-state index contributed by atoms with van der Waals surface area (Å²) >= 11 is 0. The van der Waals surface area contributed by atoms with Crippen molar-refractivity contribution in [2.75, 3.05) is 6.54 Å². The number of rotatable bonds is 6. The zero-order valence-electron chi connectivity index (χ0n) is 10.4. The molecule has 1 aromatic heterocycles. The van der Waals surface area contributed by atoms with Crippen LogP contribution in [0.3, 0.4) is 0 Å². The standard InChI is InChI=1S/C13H18N4O/c1-2-6-14-12(13-9-15-17-16-13)8-10-4-3-5-11(18)7-10/h3-5,7,9,12,14,18H,2,6,8H2,1H3,(H,15,16,17). The van der Waals surface area contributed by atoms with Crippen LogP contribution < -0.4 is 5.32 Å². The van der Waals surface area contributed by atoms with Crippen molar-refractivity contribution in [3.63, 3.8) is 0 Å². The van der Waals surface area contributed by atoms with Crippen LogP contribution in [0.5, 0.6) is 5.75 Å². The van der Waals surface area contributed by atoms with Crippen LogP contribution in [-0.4, -0.2) is 27.1 Å². The van der Waals surface area contributed by atoms with Gasteiger partial charge in [0.15, 0.2) is 0 Å². The highest BCUT2D eigenvalue weighted by molar-refractivity contribution is 5.28. The fourth-order valence-corrected chi connectivity index (χ4v) is 1.90. The van der Waals surface area contributed by atoms with Gasteiger partial charge in [-0.15, -0.1) is 0 Å². The van der Waals surface area contributed by atoms with Crippen LogP contribution >= 0.6 is 0 Å². The number of phenols is 1. The number of H-pyrrole nitrogens is 1. The van der Waals surface area contributed by atoms with E-state index in [1.807, 2.05) is 12.1 Å². The SMILES string of the molecule is CCCNC(Cc1cccc(O)c1)c1cn[nH]n1. The second-order valence-corrected chi connectivity index (χ2v) is 4.28. The van der Waals surface area contributed by atoms with Gasteiger partial charge in [-0.05, 0) is 37.1 Å². The maximum Gasteiger partial charge on any atom is 0.115 e. The van der Waals surface area contributed by atoms with Crippen molar-refractivity contribution in [3.8, 4) is 5.75 Å². The van der Waals surface area contributed by atoms with Gasteiger partial charge in [-0.2, -0.15) is 15.4 Å². The molecule has 96 valence electrons. The van der Waals surface area contributed by atoms with Crippen LogP contribution in [0.15, 0.2) is 30.5 Å². The predicted molar refractivity (Wildman–Crippen MR) is 69.2 cm³/mol. The Labute approximate surface area is 106 Å². The fraction of sp³-hybridized carbons (Fsp3) is 0.385. The molecule has 1 heterocycles. The topological polar surface area (TPSA) is 73.8 Å². The predicted octanol–water partition coefficient (Wildman–Crippen LogP) is 1.79. The van der Waals surface area contributed by atoms with Crippen LogP contribution in [0.4, 0.5) is 0 Å². The lowest BCUT2D eigenvalue weighted by Gasteiger charge is -2.16. The Morgan fingerprint density at radius 1 is 1.44 bits per heavy atom. The van der Waals surface area contributed by atoms with E-state index in [1.165, 1.54) is 0 Å². The third kappa shape index (κ3) is 3.30. The molecule has 1 aromatic carbocycles. The lowest BCUT2D eigenvalue weighted by atomic mass is 10.0. The van der Waals surface area contributed by atoms with Gasteiger partial charge in [-0.1, -0.05) is 19.1 Å². The average molecular weight is 246 g/mol. The Kier molecular flexibility index (Phi) is 4.30. The van der Waals surface area contributed by atoms with E-state index in [2.05, 4.69) is 27.7 Å². The van der Waals surface area contributed by atoms with Gasteiger partial charge in [-0.3, -0.25) is 0 Å². The summed E-state index contributed by atoms with van der Waals surface area (Å²) in [5.74, 6) is 0.293. The molecule has 1 atom stereocenters. The summed E-state index contributed by atoms with van der Waals surface area (Å²) in [6, 6.07) is 7.42. The summed E-state index contributed by atoms with van der Waals surface area (Å²) < 4.78 is 0. The molecule has 0 saturated heterocycles. The molecule has 0 bridgehead atoms. The van der Waals surface area contributed by atoms with E-state index in [4.69, 9.17) is 0 Å². The zero-order valence-corrected chi connectivity index (χ0v) is 10.4. The highest BCUT2D eigenvalue weighted by atomic mass is 16.3. The first-order valence-electron chi connectivity index (χ1n) is 6.16. The van der Waals surface area contributed by atoms with Crippen molar-refractivity contribution in [2.45, 2.75) is 25.8 Å². The smallest absolute Gasteiger partial charge is 0.115 e. The minimum Gasteiger partial charge on any atom is -0.508 e. The number of benzene rings is 1. The average Bonchev–Trinajstić information content (AvgIpc) is 2.88. The summed E-state index contributed by atoms with van der Waals surface area (Å²) in [6.07, 6.45) is 3.57. The molecular weight excluding hydrogens is 228 g/mol. The van der Waals surface area contributed by atoms with Gasteiger partial charge < -0.3 is 10.4 Å². The van der Waals surface area contributed by atoms with Crippen molar-refractivity contribution in [1.82, 2.24) is 20.7 Å². The van der Waals surface area contributed by atoms with Gasteiger partial charge in [0.1, 0.15) is 5.75 Å². The molecule has 0 aliphatic rings. The normalized spacial score (nSPS) is 12.5. The molecular formula is C13H18N4O. The first-order valence-corrected chi connectivity index (χ1v) is 6.16. The molecule has 3 N–H and O–H groups in total. The molecule has 1 unspecified atom stereocenters. The molecule has 2 rings (SSSR count). The van der Waals surface area contributed by atoms with Crippen LogP contribution in [-0.2, 0) is 6.42 Å². The van der Waals surface area contributed by atoms with E-state index in [1.54, 1.807) is 18.3 Å². The number of aromatic amines is 1. The fourth-order valence-electron chi connectivity index (χ4n) is 1.90. The summed E-state index contributed by atoms with van der Waals surface area (Å²) in [5.41, 5.74) is 1.97. The lowest BCUT2D eigenvalue weighted by Crippen LogP contribution is -2.24. The summed E-state index contributed by atoms with van der Waals surface area (Å²) in [4.78, 5) is 0. The maximum atomic E-state index is 9.48. The second kappa shape index (κ2) is 6.16. The number of phenolic OH excluding ortho intramolecular Hbond substituents is 1. The van der Waals surface area contributed by atoms with E-state index in [0.29, 0.717) is 5.75 Å². The molecule has 5 heteroatoms. The Balaban J connectivity index is 2.10. The molecule has 0 spiro atoms. The largest absolute Gasteiger partial charge is 0.508 e. The quantitative estimate of drug-likeness (QED) is 0.726. The highest BCUT2D eigenvalue weighted by Gasteiger charge is 2.14. The first kappa shape index (κ1) is 12.6. The summed E-state index contributed by atoms with van der Waals surface area (Å²) in [6.45, 7) is 3.05.